The van der Waals surface area contributed by atoms with Crippen LogP contribution in [-0.4, -0.2) is 30.2 Å². The van der Waals surface area contributed by atoms with Crippen LogP contribution in [0.1, 0.15) is 24.8 Å². The predicted molar refractivity (Wildman–Crippen MR) is 103 cm³/mol. The van der Waals surface area contributed by atoms with Crippen molar-refractivity contribution in [2.75, 3.05) is 19.6 Å². The van der Waals surface area contributed by atoms with Crippen LogP contribution in [0.5, 0.6) is 0 Å². The summed E-state index contributed by atoms with van der Waals surface area (Å²) in [4.78, 5) is 2.23. The molecule has 2 atom stereocenters. The monoisotopic (exact) mass is 397 g/mol. The number of rotatable bonds is 2. The molecule has 1 aromatic carbocycles. The van der Waals surface area contributed by atoms with E-state index in [4.69, 9.17) is 28.6 Å². The Bertz CT molecular complexity index is 946. The topological polar surface area (TPSA) is 98.5 Å². The van der Waals surface area contributed by atoms with Gasteiger partial charge in [0.2, 0.25) is 0 Å². The highest BCUT2D eigenvalue weighted by molar-refractivity contribution is 6.33. The third kappa shape index (κ3) is 2.91. The molecule has 0 amide bonds. The second kappa shape index (κ2) is 7.34. The molecule has 1 fully saturated rings. The summed E-state index contributed by atoms with van der Waals surface area (Å²) >= 11 is 12.6. The first kappa shape index (κ1) is 19.4. The van der Waals surface area contributed by atoms with Crippen LogP contribution >= 0.6 is 23.2 Å². The van der Waals surface area contributed by atoms with Gasteiger partial charge in [-0.3, -0.25) is 0 Å². The van der Waals surface area contributed by atoms with E-state index in [0.29, 0.717) is 28.6 Å². The van der Waals surface area contributed by atoms with Crippen LogP contribution in [0, 0.1) is 50.7 Å². The fourth-order valence-electron chi connectivity index (χ4n) is 4.27. The maximum atomic E-state index is 10.00. The molecule has 0 saturated carbocycles. The molecule has 1 N–H and O–H groups in total. The molecule has 3 rings (SSSR count). The Morgan fingerprint density at radius 3 is 2.56 bits per heavy atom. The van der Waals surface area contributed by atoms with E-state index < -0.39 is 11.3 Å². The summed E-state index contributed by atoms with van der Waals surface area (Å²) in [7, 11) is 0. The van der Waals surface area contributed by atoms with Gasteiger partial charge in [0, 0.05) is 35.0 Å². The first-order valence-electron chi connectivity index (χ1n) is 8.65. The van der Waals surface area contributed by atoms with Crippen molar-refractivity contribution < 1.29 is 0 Å². The number of nitrogens with one attached hydrogen (secondary N) is 1. The van der Waals surface area contributed by atoms with E-state index in [1.54, 1.807) is 18.2 Å². The number of allylic oxidation sites excluding steroid dienone is 1. The molecule has 1 heterocycles. The van der Waals surface area contributed by atoms with Crippen molar-refractivity contribution >= 4 is 28.9 Å². The molecule has 5 nitrogen and oxygen atoms in total. The zero-order valence-electron chi connectivity index (χ0n) is 14.8. The summed E-state index contributed by atoms with van der Waals surface area (Å²) in [5.41, 5.74) is -0.422. The molecule has 1 aliphatic heterocycles. The quantitative estimate of drug-likeness (QED) is 0.803. The fraction of sp³-hybridized carbons (Fsp3) is 0.400. The number of nitriles is 3. The zero-order valence-corrected chi connectivity index (χ0v) is 16.3. The lowest BCUT2D eigenvalue weighted by Gasteiger charge is -2.46. The molecular formula is C20H17Cl2N5. The molecular weight excluding hydrogens is 381 g/mol. The van der Waals surface area contributed by atoms with E-state index >= 15 is 0 Å². The molecule has 0 spiro atoms. The van der Waals surface area contributed by atoms with Crippen molar-refractivity contribution in [3.8, 4) is 18.2 Å². The summed E-state index contributed by atoms with van der Waals surface area (Å²) in [5, 5.41) is 39.1. The fourth-order valence-corrected chi connectivity index (χ4v) is 4.68. The van der Waals surface area contributed by atoms with Gasteiger partial charge in [-0.2, -0.15) is 15.8 Å². The van der Waals surface area contributed by atoms with Crippen molar-refractivity contribution in [2.24, 2.45) is 11.3 Å². The van der Waals surface area contributed by atoms with E-state index in [-0.39, 0.29) is 17.2 Å². The molecule has 2 aliphatic rings. The summed E-state index contributed by atoms with van der Waals surface area (Å²) in [5.74, 6) is -0.912. The minimum Gasteiger partial charge on any atom is -0.303 e. The van der Waals surface area contributed by atoms with Crippen LogP contribution in [0.25, 0.3) is 0 Å². The SMILES string of the molecule is CCN1CCC2=C(C#N)C(=N)C(C#N)(C#N)C(c3cc(Cl)ccc3Cl)C2C1. The lowest BCUT2D eigenvalue weighted by atomic mass is 9.56. The van der Waals surface area contributed by atoms with Crippen molar-refractivity contribution in [3.05, 3.63) is 45.0 Å². The first-order chi connectivity index (χ1) is 12.9. The minimum atomic E-state index is -1.79. The number of piperidine rings is 1. The van der Waals surface area contributed by atoms with Gasteiger partial charge in [-0.05, 0) is 42.3 Å². The Kier molecular flexibility index (Phi) is 5.27. The molecule has 7 heteroatoms. The van der Waals surface area contributed by atoms with Crippen molar-refractivity contribution in [1.82, 2.24) is 4.90 Å². The summed E-state index contributed by atoms with van der Waals surface area (Å²) in [6.45, 7) is 4.25. The highest BCUT2D eigenvalue weighted by Gasteiger charge is 2.56. The van der Waals surface area contributed by atoms with E-state index in [1.165, 1.54) is 0 Å². The summed E-state index contributed by atoms with van der Waals surface area (Å²) < 4.78 is 0. The maximum Gasteiger partial charge on any atom is 0.193 e. The van der Waals surface area contributed by atoms with Crippen LogP contribution < -0.4 is 0 Å². The third-order valence-electron chi connectivity index (χ3n) is 5.64. The average molecular weight is 398 g/mol. The summed E-state index contributed by atoms with van der Waals surface area (Å²) in [6.07, 6.45) is 0.630. The largest absolute Gasteiger partial charge is 0.303 e. The minimum absolute atomic E-state index is 0.174. The number of benzene rings is 1. The number of nitrogens with zero attached hydrogens (tertiary/aromatic N) is 4. The lowest BCUT2D eigenvalue weighted by molar-refractivity contribution is 0.188. The highest BCUT2D eigenvalue weighted by Crippen LogP contribution is 2.53. The highest BCUT2D eigenvalue weighted by atomic mass is 35.5. The van der Waals surface area contributed by atoms with Crippen LogP contribution in [0.3, 0.4) is 0 Å². The van der Waals surface area contributed by atoms with Gasteiger partial charge in [0.1, 0.15) is 6.07 Å². The molecule has 2 unspecified atom stereocenters. The molecule has 1 aromatic rings. The normalized spacial score (nSPS) is 24.5. The zero-order chi connectivity index (χ0) is 19.8. The second-order valence-corrected chi connectivity index (χ2v) is 7.66. The van der Waals surface area contributed by atoms with Crippen molar-refractivity contribution in [2.45, 2.75) is 19.3 Å². The average Bonchev–Trinajstić information content (AvgIpc) is 2.69. The van der Waals surface area contributed by atoms with Gasteiger partial charge in [-0.15, -0.1) is 0 Å². The van der Waals surface area contributed by atoms with Crippen molar-refractivity contribution in [3.63, 3.8) is 0 Å². The third-order valence-corrected chi connectivity index (χ3v) is 6.22. The number of hydrogen-bond acceptors (Lipinski definition) is 5. The Labute approximate surface area is 168 Å². The Morgan fingerprint density at radius 2 is 1.96 bits per heavy atom. The standard InChI is InChI=1S/C20H17Cl2N5/c1-2-27-6-5-13-15(8-23)19(26)20(10-24,11-25)18(16(13)9-27)14-7-12(21)3-4-17(14)22/h3-4,7,16,18,26H,2,5-6,9H2,1H3. The van der Waals surface area contributed by atoms with Crippen LogP contribution in [-0.2, 0) is 0 Å². The Morgan fingerprint density at radius 1 is 1.26 bits per heavy atom. The Hall–Kier alpha value is -2.36. The molecule has 27 heavy (non-hydrogen) atoms. The van der Waals surface area contributed by atoms with Crippen LogP contribution in [0.2, 0.25) is 10.0 Å². The Balaban J connectivity index is 2.33. The number of likely N-dealkylation sites (tertiary alicyclic amines) is 1. The van der Waals surface area contributed by atoms with Gasteiger partial charge < -0.3 is 10.3 Å². The van der Waals surface area contributed by atoms with E-state index in [9.17, 15) is 15.8 Å². The van der Waals surface area contributed by atoms with Crippen molar-refractivity contribution in [1.29, 1.82) is 21.2 Å². The van der Waals surface area contributed by atoms with Crippen LogP contribution in [0.4, 0.5) is 0 Å². The predicted octanol–water partition coefficient (Wildman–Crippen LogP) is 4.31. The molecule has 0 bridgehead atoms. The van der Waals surface area contributed by atoms with Gasteiger partial charge in [-0.1, -0.05) is 30.1 Å². The maximum absolute atomic E-state index is 10.00. The summed E-state index contributed by atoms with van der Waals surface area (Å²) in [6, 6.07) is 11.2. The van der Waals surface area contributed by atoms with Gasteiger partial charge in [-0.25, -0.2) is 0 Å². The molecule has 1 saturated heterocycles. The van der Waals surface area contributed by atoms with Gasteiger partial charge >= 0.3 is 0 Å². The smallest absolute Gasteiger partial charge is 0.193 e. The molecule has 0 radical (unpaired) electrons. The van der Waals surface area contributed by atoms with Gasteiger partial charge in [0.05, 0.1) is 23.4 Å². The number of halogens is 2. The van der Waals surface area contributed by atoms with Gasteiger partial charge in [0.25, 0.3) is 0 Å². The number of fused-ring (bicyclic) bond motifs is 1. The van der Waals surface area contributed by atoms with E-state index in [1.807, 2.05) is 6.92 Å². The van der Waals surface area contributed by atoms with Crippen LogP contribution in [0.15, 0.2) is 29.3 Å². The first-order valence-corrected chi connectivity index (χ1v) is 9.41. The molecule has 1 aliphatic carbocycles. The molecule has 0 aromatic heterocycles. The second-order valence-electron chi connectivity index (χ2n) is 6.81. The van der Waals surface area contributed by atoms with Gasteiger partial charge in [0.15, 0.2) is 5.41 Å². The number of hydrogen-bond donors (Lipinski definition) is 1. The van der Waals surface area contributed by atoms with E-state index in [2.05, 4.69) is 23.1 Å². The lowest BCUT2D eigenvalue weighted by Crippen LogP contribution is -2.50. The molecule has 136 valence electrons. The van der Waals surface area contributed by atoms with E-state index in [0.717, 1.165) is 18.7 Å².